The molecule has 6 nitrogen and oxygen atoms in total. The van der Waals surface area contributed by atoms with Crippen molar-refractivity contribution < 1.29 is 23.9 Å². The van der Waals surface area contributed by atoms with Crippen molar-refractivity contribution >= 4 is 17.5 Å². The van der Waals surface area contributed by atoms with Crippen molar-refractivity contribution in [3.63, 3.8) is 0 Å². The first kappa shape index (κ1) is 77.2. The fraction of sp³-hybridized carbons (Fsp3) is 0.904. The van der Waals surface area contributed by atoms with Gasteiger partial charge in [0.05, 0.1) is 6.61 Å². The molecule has 79 heavy (non-hydrogen) atoms. The lowest BCUT2D eigenvalue weighted by atomic mass is 9.83. The molecule has 6 heteroatoms. The highest BCUT2D eigenvalue weighted by molar-refractivity contribution is 5.89. The van der Waals surface area contributed by atoms with Crippen LogP contribution in [0.25, 0.3) is 0 Å². The summed E-state index contributed by atoms with van der Waals surface area (Å²) < 4.78 is 12.4. The van der Waals surface area contributed by atoms with Crippen molar-refractivity contribution in [2.24, 2.45) is 23.2 Å². The molecule has 1 heterocycles. The van der Waals surface area contributed by atoms with Crippen molar-refractivity contribution in [1.29, 1.82) is 0 Å². The molecule has 0 amide bonds. The van der Waals surface area contributed by atoms with Crippen molar-refractivity contribution in [3.05, 3.63) is 24.8 Å². The third-order valence-corrected chi connectivity index (χ3v) is 18.1. The second-order valence-corrected chi connectivity index (χ2v) is 25.9. The SMILES string of the molecule is C.C=CCCCC(CCCCC)CCCCC.CCCCCCCCC(CCCCCCCC)OC(=O)CCCCCCCOC[C@@H]1C[C@H](C=CC(=O)CCCCC2CCCCCCC2)CN1CCCCCCC(C)(C)C(C)=O. The zero-order valence-corrected chi connectivity index (χ0v) is 53.6. The Bertz CT molecular complexity index is 1370. The second kappa shape index (κ2) is 55.4. The maximum atomic E-state index is 12.9. The number of unbranched alkanes of at least 4 members (excludes halogenated alkanes) is 23. The standard InChI is InChI=1S/C56H103NO5.C16H32.CH4/c1-6-8-10-12-18-26-38-54(39-27-19-13-11-9-7-2)62-55(60)40-28-20-15-23-33-45-61-48-52-46-51(47-57(52)44-32-22-21-31-43-56(4,5)49(3)58)41-42-53(59)37-30-29-36-50-34-24-16-14-17-25-35-50;1-4-7-10-13-16(14-11-8-5-2)15-12-9-6-3;/h41-42,50-52,54H,6-40,43-48H2,1-5H3;4,16H,1,5-15H2,2-3H3;1H4/t51-,52-;;/m0../s1. The number of ketones is 2. The van der Waals surface area contributed by atoms with Crippen LogP contribution in [0.5, 0.6) is 0 Å². The number of allylic oxidation sites excluding steroid dienone is 2. The van der Waals surface area contributed by atoms with Crippen molar-refractivity contribution in [2.45, 2.75) is 376 Å². The van der Waals surface area contributed by atoms with E-state index < -0.39 is 0 Å². The maximum Gasteiger partial charge on any atom is 0.306 e. The van der Waals surface area contributed by atoms with Gasteiger partial charge in [-0.1, -0.05) is 279 Å². The molecule has 1 saturated heterocycles. The molecule has 1 aliphatic carbocycles. The van der Waals surface area contributed by atoms with Gasteiger partial charge in [0.15, 0.2) is 5.78 Å². The van der Waals surface area contributed by atoms with E-state index in [-0.39, 0.29) is 30.7 Å². The Morgan fingerprint density at radius 2 is 1.10 bits per heavy atom. The van der Waals surface area contributed by atoms with E-state index in [1.807, 2.05) is 6.08 Å². The summed E-state index contributed by atoms with van der Waals surface area (Å²) in [5.41, 5.74) is -0.209. The number of Topliss-reactive ketones (excluding diaryl/α,β-unsaturated/α-hetero) is 1. The summed E-state index contributed by atoms with van der Waals surface area (Å²) in [5, 5.41) is 0. The van der Waals surface area contributed by atoms with Gasteiger partial charge < -0.3 is 9.47 Å². The van der Waals surface area contributed by atoms with Gasteiger partial charge in [-0.15, -0.1) is 6.58 Å². The van der Waals surface area contributed by atoms with Gasteiger partial charge in [0.1, 0.15) is 11.9 Å². The third-order valence-electron chi connectivity index (χ3n) is 18.1. The monoisotopic (exact) mass is 1110 g/mol. The molecule has 466 valence electrons. The number of carbonyl (C=O) groups excluding carboxylic acids is 3. The van der Waals surface area contributed by atoms with Crippen LogP contribution in [-0.4, -0.2) is 60.9 Å². The Balaban J connectivity index is 0.00000308. The lowest BCUT2D eigenvalue weighted by molar-refractivity contribution is -0.150. The Morgan fingerprint density at radius 1 is 0.595 bits per heavy atom. The fourth-order valence-corrected chi connectivity index (χ4v) is 12.3. The van der Waals surface area contributed by atoms with E-state index in [4.69, 9.17) is 9.47 Å². The van der Waals surface area contributed by atoms with Crippen LogP contribution in [0.3, 0.4) is 0 Å². The Labute approximate surface area is 494 Å². The number of hydrogen-bond acceptors (Lipinski definition) is 6. The number of rotatable bonds is 52. The minimum Gasteiger partial charge on any atom is -0.462 e. The average Bonchev–Trinajstić information content (AvgIpc) is 3.83. The molecule has 0 aromatic heterocycles. The first-order valence-electron chi connectivity index (χ1n) is 34.8. The zero-order chi connectivity index (χ0) is 57.0. The van der Waals surface area contributed by atoms with Gasteiger partial charge in [0.2, 0.25) is 0 Å². The highest BCUT2D eigenvalue weighted by atomic mass is 16.5. The molecule has 0 aromatic carbocycles. The van der Waals surface area contributed by atoms with E-state index >= 15 is 0 Å². The molecule has 2 aliphatic rings. The van der Waals surface area contributed by atoms with Crippen molar-refractivity contribution in [1.82, 2.24) is 4.90 Å². The second-order valence-electron chi connectivity index (χ2n) is 25.9. The molecule has 2 rings (SSSR count). The number of ether oxygens (including phenoxy) is 2. The van der Waals surface area contributed by atoms with Crippen molar-refractivity contribution in [3.8, 4) is 0 Å². The van der Waals surface area contributed by atoms with Gasteiger partial charge in [-0.05, 0) is 114 Å². The van der Waals surface area contributed by atoms with E-state index in [1.165, 1.54) is 225 Å². The molecule has 0 unspecified atom stereocenters. The van der Waals surface area contributed by atoms with E-state index in [2.05, 4.69) is 65.2 Å². The lowest BCUT2D eigenvalue weighted by Crippen LogP contribution is -2.34. The van der Waals surface area contributed by atoms with Crippen LogP contribution in [0.2, 0.25) is 0 Å². The summed E-state index contributed by atoms with van der Waals surface area (Å²) in [5.74, 6) is 2.90. The van der Waals surface area contributed by atoms with Crippen LogP contribution in [0.15, 0.2) is 24.8 Å². The first-order valence-corrected chi connectivity index (χ1v) is 34.8. The predicted molar refractivity (Wildman–Crippen MR) is 346 cm³/mol. The molecule has 0 radical (unpaired) electrons. The quantitative estimate of drug-likeness (QED) is 0.0262. The number of carbonyl (C=O) groups is 3. The molecule has 0 aromatic rings. The topological polar surface area (TPSA) is 72.9 Å². The van der Waals surface area contributed by atoms with Crippen LogP contribution >= 0.6 is 0 Å². The Kier molecular flexibility index (Phi) is 54.1. The normalized spacial score (nSPS) is 16.5. The number of nitrogens with zero attached hydrogens (tertiary/aromatic N) is 1. The first-order chi connectivity index (χ1) is 38.0. The van der Waals surface area contributed by atoms with Crippen LogP contribution in [0.4, 0.5) is 0 Å². The van der Waals surface area contributed by atoms with E-state index in [0.717, 1.165) is 109 Å². The molecule has 0 bridgehead atoms. The van der Waals surface area contributed by atoms with Gasteiger partial charge in [0.25, 0.3) is 0 Å². The molecular formula is C73H139NO5. The van der Waals surface area contributed by atoms with Crippen molar-refractivity contribution in [2.75, 3.05) is 26.3 Å². The maximum absolute atomic E-state index is 12.9. The van der Waals surface area contributed by atoms with Gasteiger partial charge >= 0.3 is 5.97 Å². The summed E-state index contributed by atoms with van der Waals surface area (Å²) in [6, 6.07) is 0.400. The smallest absolute Gasteiger partial charge is 0.306 e. The minimum atomic E-state index is -0.209. The molecule has 1 saturated carbocycles. The Morgan fingerprint density at radius 3 is 1.71 bits per heavy atom. The largest absolute Gasteiger partial charge is 0.462 e. The summed E-state index contributed by atoms with van der Waals surface area (Å²) >= 11 is 0. The molecule has 2 atom stereocenters. The average molecular weight is 1110 g/mol. The summed E-state index contributed by atoms with van der Waals surface area (Å²) in [4.78, 5) is 40.3. The van der Waals surface area contributed by atoms with E-state index in [0.29, 0.717) is 30.6 Å². The molecule has 2 fully saturated rings. The van der Waals surface area contributed by atoms with Crippen LogP contribution in [0, 0.1) is 23.2 Å². The van der Waals surface area contributed by atoms with Crippen LogP contribution < -0.4 is 0 Å². The zero-order valence-electron chi connectivity index (χ0n) is 53.6. The van der Waals surface area contributed by atoms with Gasteiger partial charge in [-0.3, -0.25) is 19.3 Å². The van der Waals surface area contributed by atoms with Crippen LogP contribution in [0.1, 0.15) is 364 Å². The van der Waals surface area contributed by atoms with Gasteiger partial charge in [-0.25, -0.2) is 0 Å². The molecule has 0 N–H and O–H groups in total. The highest BCUT2D eigenvalue weighted by Crippen LogP contribution is 2.30. The van der Waals surface area contributed by atoms with E-state index in [9.17, 15) is 14.4 Å². The Hall–Kier alpha value is -1.79. The predicted octanol–water partition coefficient (Wildman–Crippen LogP) is 22.8. The lowest BCUT2D eigenvalue weighted by Gasteiger charge is -2.24. The van der Waals surface area contributed by atoms with Crippen LogP contribution in [-0.2, 0) is 23.9 Å². The summed E-state index contributed by atoms with van der Waals surface area (Å²) in [6.07, 6.45) is 65.7. The van der Waals surface area contributed by atoms with Gasteiger partial charge in [-0.2, -0.15) is 0 Å². The summed E-state index contributed by atoms with van der Waals surface area (Å²) in [6.45, 7) is 22.4. The molecule has 0 spiro atoms. The molecule has 1 aliphatic heterocycles. The third kappa shape index (κ3) is 46.3. The highest BCUT2D eigenvalue weighted by Gasteiger charge is 2.31. The minimum absolute atomic E-state index is 0. The number of likely N-dealkylation sites (tertiary alicyclic amines) is 1. The fourth-order valence-electron chi connectivity index (χ4n) is 12.3. The van der Waals surface area contributed by atoms with Gasteiger partial charge in [0, 0.05) is 37.5 Å². The summed E-state index contributed by atoms with van der Waals surface area (Å²) in [7, 11) is 0. The van der Waals surface area contributed by atoms with E-state index in [1.54, 1.807) is 6.92 Å². The number of esters is 1. The molecular weight excluding hydrogens is 971 g/mol. The number of hydrogen-bond donors (Lipinski definition) is 0.